The lowest BCUT2D eigenvalue weighted by molar-refractivity contribution is -0.115. The zero-order valence-electron chi connectivity index (χ0n) is 7.73. The fourth-order valence-corrected chi connectivity index (χ4v) is 1.84. The van der Waals surface area contributed by atoms with Crippen LogP contribution in [0.3, 0.4) is 0 Å². The largest absolute Gasteiger partial charge is 0.300 e. The van der Waals surface area contributed by atoms with Crippen LogP contribution in [0.1, 0.15) is 25.5 Å². The molecule has 72 valence electrons. The molecular weight excluding hydrogens is 198 g/mol. The van der Waals surface area contributed by atoms with Crippen molar-refractivity contribution in [3.8, 4) is 0 Å². The highest BCUT2D eigenvalue weighted by atomic mass is 32.1. The number of nitrogens with zero attached hydrogens (tertiary/aromatic N) is 3. The molecule has 5 heteroatoms. The predicted molar refractivity (Wildman–Crippen MR) is 56.0 cm³/mol. The van der Waals surface area contributed by atoms with Gasteiger partial charge < -0.3 is 0 Å². The molecule has 0 unspecified atom stereocenters. The van der Waals surface area contributed by atoms with Crippen LogP contribution in [-0.4, -0.2) is 22.2 Å². The van der Waals surface area contributed by atoms with Crippen molar-refractivity contribution in [2.75, 3.05) is 0 Å². The fourth-order valence-electron chi connectivity index (χ4n) is 1.28. The van der Waals surface area contributed by atoms with Crippen molar-refractivity contribution in [3.63, 3.8) is 0 Å². The maximum absolute atomic E-state index is 10.8. The minimum Gasteiger partial charge on any atom is -0.300 e. The standard InChI is InChI=1S/C9H9N3OS/c1-6(13)2-7-3-8(12-11-7)9-4-14-5-10-9/h4-5H,2-3H2,1H3. The maximum atomic E-state index is 10.8. The average Bonchev–Trinajstić information content (AvgIpc) is 2.69. The van der Waals surface area contributed by atoms with Gasteiger partial charge in [-0.15, -0.1) is 11.3 Å². The number of Topliss-reactive ketones (excluding diaryl/α,β-unsaturated/α-hetero) is 1. The van der Waals surface area contributed by atoms with E-state index in [1.165, 1.54) is 11.3 Å². The van der Waals surface area contributed by atoms with Gasteiger partial charge in [-0.3, -0.25) is 4.79 Å². The van der Waals surface area contributed by atoms with Crippen LogP contribution in [0.2, 0.25) is 0 Å². The summed E-state index contributed by atoms with van der Waals surface area (Å²) in [6.07, 6.45) is 1.06. The number of thiazole rings is 1. The van der Waals surface area contributed by atoms with Gasteiger partial charge in [0.2, 0.25) is 0 Å². The third-order valence-electron chi connectivity index (χ3n) is 1.86. The van der Waals surface area contributed by atoms with Crippen molar-refractivity contribution in [2.24, 2.45) is 10.2 Å². The van der Waals surface area contributed by atoms with E-state index in [9.17, 15) is 4.79 Å². The van der Waals surface area contributed by atoms with Crippen molar-refractivity contribution in [1.82, 2.24) is 4.98 Å². The van der Waals surface area contributed by atoms with Gasteiger partial charge in [0, 0.05) is 18.2 Å². The highest BCUT2D eigenvalue weighted by Gasteiger charge is 2.16. The lowest BCUT2D eigenvalue weighted by Gasteiger charge is -1.95. The number of ketones is 1. The summed E-state index contributed by atoms with van der Waals surface area (Å²) in [5.74, 6) is 0.124. The van der Waals surface area contributed by atoms with E-state index in [1.807, 2.05) is 5.38 Å². The summed E-state index contributed by atoms with van der Waals surface area (Å²) in [4.78, 5) is 15.0. The molecule has 0 aliphatic carbocycles. The summed E-state index contributed by atoms with van der Waals surface area (Å²) in [5, 5.41) is 9.91. The second kappa shape index (κ2) is 3.79. The van der Waals surface area contributed by atoms with Crippen LogP contribution in [0.4, 0.5) is 0 Å². The molecule has 0 bridgehead atoms. The van der Waals surface area contributed by atoms with E-state index in [2.05, 4.69) is 15.2 Å². The molecule has 0 aromatic carbocycles. The summed E-state index contributed by atoms with van der Waals surface area (Å²) < 4.78 is 0. The summed E-state index contributed by atoms with van der Waals surface area (Å²) in [7, 11) is 0. The van der Waals surface area contributed by atoms with Crippen molar-refractivity contribution in [3.05, 3.63) is 16.6 Å². The molecule has 4 nitrogen and oxygen atoms in total. The van der Waals surface area contributed by atoms with Crippen molar-refractivity contribution in [2.45, 2.75) is 19.8 Å². The Bertz CT molecular complexity index is 406. The number of rotatable bonds is 3. The Labute approximate surface area is 85.4 Å². The van der Waals surface area contributed by atoms with Gasteiger partial charge in [-0.1, -0.05) is 0 Å². The van der Waals surface area contributed by atoms with Gasteiger partial charge >= 0.3 is 0 Å². The molecule has 0 amide bonds. The maximum Gasteiger partial charge on any atom is 0.135 e. The van der Waals surface area contributed by atoms with Crippen molar-refractivity contribution < 1.29 is 4.79 Å². The molecular formula is C9H9N3OS. The van der Waals surface area contributed by atoms with E-state index in [0.29, 0.717) is 12.8 Å². The van der Waals surface area contributed by atoms with Gasteiger partial charge in [0.15, 0.2) is 0 Å². The molecule has 2 rings (SSSR count). The summed E-state index contributed by atoms with van der Waals surface area (Å²) in [5.41, 5.74) is 4.33. The van der Waals surface area contributed by atoms with E-state index in [0.717, 1.165) is 17.1 Å². The third-order valence-corrected chi connectivity index (χ3v) is 2.45. The molecule has 2 heterocycles. The van der Waals surface area contributed by atoms with Crippen LogP contribution in [-0.2, 0) is 4.79 Å². The van der Waals surface area contributed by atoms with E-state index < -0.39 is 0 Å². The van der Waals surface area contributed by atoms with E-state index in [1.54, 1.807) is 12.4 Å². The summed E-state index contributed by atoms with van der Waals surface area (Å²) in [6.45, 7) is 1.56. The van der Waals surface area contributed by atoms with E-state index >= 15 is 0 Å². The van der Waals surface area contributed by atoms with Gasteiger partial charge in [-0.25, -0.2) is 4.98 Å². The first kappa shape index (κ1) is 9.21. The smallest absolute Gasteiger partial charge is 0.135 e. The number of hydrogen-bond donors (Lipinski definition) is 0. The Morgan fingerprint density at radius 3 is 3.07 bits per heavy atom. The normalized spacial score (nSPS) is 15.2. The Hall–Kier alpha value is -1.36. The number of hydrogen-bond acceptors (Lipinski definition) is 5. The molecule has 0 N–H and O–H groups in total. The lowest BCUT2D eigenvalue weighted by atomic mass is 10.1. The number of carbonyl (C=O) groups is 1. The number of carbonyl (C=O) groups excluding carboxylic acids is 1. The molecule has 1 aromatic heterocycles. The van der Waals surface area contributed by atoms with Crippen molar-refractivity contribution >= 4 is 28.5 Å². The molecule has 0 saturated heterocycles. The average molecular weight is 207 g/mol. The Kier molecular flexibility index (Phi) is 2.49. The Balaban J connectivity index is 2.02. The topological polar surface area (TPSA) is 54.7 Å². The molecule has 1 aliphatic heterocycles. The first-order valence-corrected chi connectivity index (χ1v) is 5.20. The molecule has 0 saturated carbocycles. The van der Waals surface area contributed by atoms with E-state index in [4.69, 9.17) is 0 Å². The fraction of sp³-hybridized carbons (Fsp3) is 0.333. The van der Waals surface area contributed by atoms with Gasteiger partial charge in [-0.05, 0) is 6.92 Å². The minimum atomic E-state index is 0.124. The second-order valence-electron chi connectivity index (χ2n) is 3.14. The first-order chi connectivity index (χ1) is 6.75. The number of aromatic nitrogens is 1. The zero-order valence-corrected chi connectivity index (χ0v) is 8.54. The van der Waals surface area contributed by atoms with E-state index in [-0.39, 0.29) is 5.78 Å². The van der Waals surface area contributed by atoms with Crippen LogP contribution >= 0.6 is 11.3 Å². The zero-order chi connectivity index (χ0) is 9.97. The quantitative estimate of drug-likeness (QED) is 0.757. The highest BCUT2D eigenvalue weighted by molar-refractivity contribution is 7.07. The Morgan fingerprint density at radius 1 is 1.57 bits per heavy atom. The van der Waals surface area contributed by atoms with Crippen LogP contribution < -0.4 is 0 Å². The van der Waals surface area contributed by atoms with Crippen LogP contribution in [0.25, 0.3) is 0 Å². The van der Waals surface area contributed by atoms with Gasteiger partial charge in [-0.2, -0.15) is 10.2 Å². The summed E-state index contributed by atoms with van der Waals surface area (Å²) in [6, 6.07) is 0. The highest BCUT2D eigenvalue weighted by Crippen LogP contribution is 2.13. The van der Waals surface area contributed by atoms with Crippen molar-refractivity contribution in [1.29, 1.82) is 0 Å². The predicted octanol–water partition coefficient (Wildman–Crippen LogP) is 1.67. The summed E-state index contributed by atoms with van der Waals surface area (Å²) >= 11 is 1.53. The molecule has 14 heavy (non-hydrogen) atoms. The van der Waals surface area contributed by atoms with Crippen LogP contribution in [0, 0.1) is 0 Å². The minimum absolute atomic E-state index is 0.124. The molecule has 0 spiro atoms. The third kappa shape index (κ3) is 1.93. The van der Waals surface area contributed by atoms with Crippen LogP contribution in [0.5, 0.6) is 0 Å². The van der Waals surface area contributed by atoms with Gasteiger partial charge in [0.25, 0.3) is 0 Å². The molecule has 0 fully saturated rings. The molecule has 1 aliphatic rings. The lowest BCUT2D eigenvalue weighted by Crippen LogP contribution is -2.07. The SMILES string of the molecule is CC(=O)CC1=NN=C(c2cscn2)C1. The Morgan fingerprint density at radius 2 is 2.43 bits per heavy atom. The second-order valence-corrected chi connectivity index (χ2v) is 3.86. The first-order valence-electron chi connectivity index (χ1n) is 4.26. The molecule has 0 radical (unpaired) electrons. The molecule has 0 atom stereocenters. The van der Waals surface area contributed by atoms with Gasteiger partial charge in [0.05, 0.1) is 22.6 Å². The monoisotopic (exact) mass is 207 g/mol. The molecule has 1 aromatic rings. The van der Waals surface area contributed by atoms with Crippen LogP contribution in [0.15, 0.2) is 21.1 Å². The van der Waals surface area contributed by atoms with Gasteiger partial charge in [0.1, 0.15) is 5.78 Å².